The summed E-state index contributed by atoms with van der Waals surface area (Å²) in [5, 5.41) is 0. The third-order valence-electron chi connectivity index (χ3n) is 5.14. The van der Waals surface area contributed by atoms with Gasteiger partial charge < -0.3 is 18.9 Å². The van der Waals surface area contributed by atoms with Crippen molar-refractivity contribution in [1.82, 2.24) is 14.4 Å². The van der Waals surface area contributed by atoms with Crippen molar-refractivity contribution in [2.24, 2.45) is 0 Å². The number of aromatic nitrogens is 3. The maximum Gasteiger partial charge on any atom is 0.573 e. The number of alkyl halides is 3. The molecular formula is C25H22F3N3O5. The quantitative estimate of drug-likeness (QED) is 0.295. The Morgan fingerprint density at radius 2 is 1.78 bits per heavy atom. The Kier molecular flexibility index (Phi) is 7.28. The first-order valence-electron chi connectivity index (χ1n) is 10.9. The lowest BCUT2D eigenvalue weighted by Gasteiger charge is -2.11. The first kappa shape index (κ1) is 24.8. The lowest BCUT2D eigenvalue weighted by atomic mass is 10.1. The number of imidazole rings is 1. The van der Waals surface area contributed by atoms with E-state index in [1.165, 1.54) is 19.2 Å². The summed E-state index contributed by atoms with van der Waals surface area (Å²) in [4.78, 5) is 21.3. The van der Waals surface area contributed by atoms with Gasteiger partial charge in [-0.3, -0.25) is 4.40 Å². The first-order chi connectivity index (χ1) is 17.3. The molecule has 4 rings (SSSR count). The van der Waals surface area contributed by atoms with Gasteiger partial charge in [-0.15, -0.1) is 13.2 Å². The zero-order valence-electron chi connectivity index (χ0n) is 19.4. The highest BCUT2D eigenvalue weighted by Crippen LogP contribution is 2.29. The Morgan fingerprint density at radius 1 is 1.03 bits per heavy atom. The highest BCUT2D eigenvalue weighted by atomic mass is 19.4. The molecule has 2 aromatic carbocycles. The van der Waals surface area contributed by atoms with Crippen LogP contribution in [-0.2, 0) is 11.2 Å². The summed E-state index contributed by atoms with van der Waals surface area (Å²) in [5.74, 6) is 0.0644. The molecule has 0 radical (unpaired) electrons. The molecule has 0 fully saturated rings. The van der Waals surface area contributed by atoms with Crippen LogP contribution in [-0.4, -0.2) is 47.0 Å². The van der Waals surface area contributed by atoms with Crippen molar-refractivity contribution in [2.45, 2.75) is 19.7 Å². The van der Waals surface area contributed by atoms with Crippen molar-refractivity contribution >= 4 is 11.6 Å². The lowest BCUT2D eigenvalue weighted by molar-refractivity contribution is -0.274. The number of fused-ring (bicyclic) bond motifs is 1. The van der Waals surface area contributed by atoms with Crippen LogP contribution in [0.15, 0.2) is 61.1 Å². The molecule has 11 heteroatoms. The monoisotopic (exact) mass is 501 g/mol. The topological polar surface area (TPSA) is 84.2 Å². The summed E-state index contributed by atoms with van der Waals surface area (Å²) in [6.07, 6.45) is -1.33. The smallest absolute Gasteiger partial charge is 0.494 e. The fourth-order valence-corrected chi connectivity index (χ4v) is 3.64. The van der Waals surface area contributed by atoms with Crippen molar-refractivity contribution in [3.05, 3.63) is 72.4 Å². The number of halogens is 3. The van der Waals surface area contributed by atoms with E-state index in [1.807, 2.05) is 31.2 Å². The number of rotatable bonds is 9. The Morgan fingerprint density at radius 3 is 2.47 bits per heavy atom. The molecule has 36 heavy (non-hydrogen) atoms. The molecule has 0 saturated carbocycles. The lowest BCUT2D eigenvalue weighted by Crippen LogP contribution is -2.17. The van der Waals surface area contributed by atoms with Gasteiger partial charge in [0.2, 0.25) is 0 Å². The Hall–Kier alpha value is -4.28. The third kappa shape index (κ3) is 5.68. The molecule has 2 heterocycles. The van der Waals surface area contributed by atoms with Gasteiger partial charge in [0.15, 0.2) is 5.69 Å². The van der Waals surface area contributed by atoms with Crippen LogP contribution in [0.25, 0.3) is 16.8 Å². The summed E-state index contributed by atoms with van der Waals surface area (Å²) in [6, 6.07) is 12.5. The van der Waals surface area contributed by atoms with Gasteiger partial charge in [0, 0.05) is 18.2 Å². The van der Waals surface area contributed by atoms with E-state index in [-0.39, 0.29) is 24.5 Å². The third-order valence-corrected chi connectivity index (χ3v) is 5.14. The van der Waals surface area contributed by atoms with E-state index >= 15 is 0 Å². The second-order valence-electron chi connectivity index (χ2n) is 7.48. The van der Waals surface area contributed by atoms with Gasteiger partial charge in [-0.25, -0.2) is 14.8 Å². The van der Waals surface area contributed by atoms with E-state index in [1.54, 1.807) is 16.9 Å². The van der Waals surface area contributed by atoms with Crippen LogP contribution in [0.3, 0.4) is 0 Å². The van der Waals surface area contributed by atoms with Crippen LogP contribution in [0.4, 0.5) is 13.2 Å². The molecule has 8 nitrogen and oxygen atoms in total. The van der Waals surface area contributed by atoms with Crippen molar-refractivity contribution in [1.29, 1.82) is 0 Å². The zero-order chi connectivity index (χ0) is 25.7. The second kappa shape index (κ2) is 10.5. The number of hydrogen-bond acceptors (Lipinski definition) is 7. The number of methoxy groups -OCH3 is 1. The minimum Gasteiger partial charge on any atom is -0.494 e. The van der Waals surface area contributed by atoms with Gasteiger partial charge in [-0.1, -0.05) is 12.1 Å². The summed E-state index contributed by atoms with van der Waals surface area (Å²) >= 11 is 0. The van der Waals surface area contributed by atoms with Gasteiger partial charge in [0.25, 0.3) is 0 Å². The molecule has 0 amide bonds. The van der Waals surface area contributed by atoms with Crippen molar-refractivity contribution in [3.63, 3.8) is 0 Å². The fraction of sp³-hybridized carbons (Fsp3) is 0.240. The summed E-state index contributed by atoms with van der Waals surface area (Å²) in [6.45, 7) is 2.52. The number of benzene rings is 2. The fourth-order valence-electron chi connectivity index (χ4n) is 3.64. The standard InChI is InChI=1S/C25H22F3N3O5/c1-3-34-19-6-4-5-16(13-19)20-14-29-15-31-21(22(24(32)33-2)30-23(20)31)11-12-35-17-7-9-18(10-8-17)36-25(26,27)28/h4-10,13-15H,3,11-12H2,1-2H3. The van der Waals surface area contributed by atoms with E-state index in [9.17, 15) is 18.0 Å². The van der Waals surface area contributed by atoms with Crippen LogP contribution in [0.5, 0.6) is 17.2 Å². The molecule has 0 bridgehead atoms. The first-order valence-corrected chi connectivity index (χ1v) is 10.9. The summed E-state index contributed by atoms with van der Waals surface area (Å²) in [7, 11) is 1.27. The van der Waals surface area contributed by atoms with Crippen LogP contribution in [0.1, 0.15) is 23.1 Å². The number of carbonyl (C=O) groups is 1. The molecule has 0 N–H and O–H groups in total. The Bertz CT molecular complexity index is 1350. The highest BCUT2D eigenvalue weighted by molar-refractivity contribution is 5.91. The molecule has 4 aromatic rings. The van der Waals surface area contributed by atoms with E-state index in [2.05, 4.69) is 14.7 Å². The predicted octanol–water partition coefficient (Wildman–Crippen LogP) is 5.10. The molecule has 2 aromatic heterocycles. The number of hydrogen-bond donors (Lipinski definition) is 0. The van der Waals surface area contributed by atoms with Crippen LogP contribution in [0.2, 0.25) is 0 Å². The number of nitrogens with zero attached hydrogens (tertiary/aromatic N) is 3. The molecule has 0 spiro atoms. The molecule has 0 atom stereocenters. The maximum atomic E-state index is 12.5. The SMILES string of the molecule is CCOc1cccc(-c2cncn3c(CCOc4ccc(OC(F)(F)F)cc4)c(C(=O)OC)nc23)c1. The van der Waals surface area contributed by atoms with Crippen molar-refractivity contribution in [2.75, 3.05) is 20.3 Å². The zero-order valence-corrected chi connectivity index (χ0v) is 19.4. The molecule has 0 aliphatic carbocycles. The molecule has 0 aliphatic heterocycles. The number of ether oxygens (including phenoxy) is 4. The van der Waals surface area contributed by atoms with Gasteiger partial charge in [0.05, 0.1) is 26.0 Å². The Balaban J connectivity index is 1.60. The molecular weight excluding hydrogens is 479 g/mol. The van der Waals surface area contributed by atoms with Gasteiger partial charge >= 0.3 is 12.3 Å². The van der Waals surface area contributed by atoms with E-state index in [0.29, 0.717) is 35.0 Å². The van der Waals surface area contributed by atoms with Crippen molar-refractivity contribution in [3.8, 4) is 28.4 Å². The molecule has 0 aliphatic rings. The minimum atomic E-state index is -4.77. The van der Waals surface area contributed by atoms with Crippen LogP contribution in [0, 0.1) is 0 Å². The number of esters is 1. The largest absolute Gasteiger partial charge is 0.573 e. The minimum absolute atomic E-state index is 0.112. The molecule has 0 unspecified atom stereocenters. The average molecular weight is 501 g/mol. The number of carbonyl (C=O) groups excluding carboxylic acids is 1. The molecule has 188 valence electrons. The van der Waals surface area contributed by atoms with Crippen molar-refractivity contribution < 1.29 is 36.9 Å². The van der Waals surface area contributed by atoms with Gasteiger partial charge in [0.1, 0.15) is 29.2 Å². The summed E-state index contributed by atoms with van der Waals surface area (Å²) in [5.41, 5.74) is 2.64. The Labute approximate surface area is 204 Å². The average Bonchev–Trinajstić information content (AvgIpc) is 3.23. The second-order valence-corrected chi connectivity index (χ2v) is 7.48. The van der Waals surface area contributed by atoms with Crippen LogP contribution < -0.4 is 14.2 Å². The maximum absolute atomic E-state index is 12.5. The molecule has 0 saturated heterocycles. The van der Waals surface area contributed by atoms with E-state index in [0.717, 1.165) is 17.7 Å². The van der Waals surface area contributed by atoms with E-state index in [4.69, 9.17) is 14.2 Å². The van der Waals surface area contributed by atoms with E-state index < -0.39 is 12.3 Å². The normalized spacial score (nSPS) is 11.4. The predicted molar refractivity (Wildman–Crippen MR) is 123 cm³/mol. The highest BCUT2D eigenvalue weighted by Gasteiger charge is 2.31. The van der Waals surface area contributed by atoms with Crippen LogP contribution >= 0.6 is 0 Å². The summed E-state index contributed by atoms with van der Waals surface area (Å²) < 4.78 is 58.8. The van der Waals surface area contributed by atoms with Gasteiger partial charge in [-0.05, 0) is 48.9 Å². The van der Waals surface area contributed by atoms with Gasteiger partial charge in [-0.2, -0.15) is 0 Å².